The number of nitrogens with one attached hydrogen (secondary N) is 2. The first-order valence-corrected chi connectivity index (χ1v) is 8.20. The van der Waals surface area contributed by atoms with Crippen LogP contribution in [0.1, 0.15) is 18.9 Å². The summed E-state index contributed by atoms with van der Waals surface area (Å²) in [6, 6.07) is 6.90. The SMILES string of the molecule is CC1C=C(CCNCCc2cccc(F)c2)NC(n2ccnc2)=N1. The van der Waals surface area contributed by atoms with Crippen LogP contribution in [0.25, 0.3) is 0 Å². The van der Waals surface area contributed by atoms with Crippen LogP contribution in [0.4, 0.5) is 4.39 Å². The molecule has 6 heteroatoms. The number of aromatic nitrogens is 2. The highest BCUT2D eigenvalue weighted by molar-refractivity contribution is 5.84. The van der Waals surface area contributed by atoms with Gasteiger partial charge in [-0.25, -0.2) is 14.4 Å². The molecule has 5 nitrogen and oxygen atoms in total. The van der Waals surface area contributed by atoms with Crippen LogP contribution in [0.3, 0.4) is 0 Å². The lowest BCUT2D eigenvalue weighted by Crippen LogP contribution is -2.35. The van der Waals surface area contributed by atoms with Crippen molar-refractivity contribution in [3.63, 3.8) is 0 Å². The Bertz CT molecular complexity index is 721. The first-order chi connectivity index (χ1) is 11.7. The maximum Gasteiger partial charge on any atom is 0.208 e. The van der Waals surface area contributed by atoms with Crippen LogP contribution >= 0.6 is 0 Å². The Balaban J connectivity index is 1.42. The van der Waals surface area contributed by atoms with Crippen molar-refractivity contribution in [1.29, 1.82) is 0 Å². The first kappa shape index (κ1) is 16.4. The van der Waals surface area contributed by atoms with Crippen molar-refractivity contribution in [2.45, 2.75) is 25.8 Å². The molecular formula is C18H22FN5. The van der Waals surface area contributed by atoms with E-state index < -0.39 is 0 Å². The van der Waals surface area contributed by atoms with E-state index in [-0.39, 0.29) is 11.9 Å². The summed E-state index contributed by atoms with van der Waals surface area (Å²) in [6.07, 6.45) is 9.19. The van der Waals surface area contributed by atoms with Gasteiger partial charge in [-0.15, -0.1) is 0 Å². The molecule has 2 aromatic rings. The number of aliphatic imine (C=N–C) groups is 1. The molecule has 1 atom stereocenters. The van der Waals surface area contributed by atoms with E-state index in [1.165, 1.54) is 6.07 Å². The summed E-state index contributed by atoms with van der Waals surface area (Å²) < 4.78 is 15.0. The van der Waals surface area contributed by atoms with Gasteiger partial charge in [-0.3, -0.25) is 4.57 Å². The van der Waals surface area contributed by atoms with Gasteiger partial charge in [0.2, 0.25) is 5.96 Å². The average Bonchev–Trinajstić information content (AvgIpc) is 3.09. The largest absolute Gasteiger partial charge is 0.329 e. The lowest BCUT2D eigenvalue weighted by Gasteiger charge is -2.20. The zero-order valence-corrected chi connectivity index (χ0v) is 13.7. The third-order valence-electron chi connectivity index (χ3n) is 3.84. The summed E-state index contributed by atoms with van der Waals surface area (Å²) in [5.41, 5.74) is 2.17. The number of hydrogen-bond acceptors (Lipinski definition) is 4. The van der Waals surface area contributed by atoms with Crippen molar-refractivity contribution >= 4 is 5.96 Å². The fraction of sp³-hybridized carbons (Fsp3) is 0.333. The van der Waals surface area contributed by atoms with E-state index in [2.05, 4.69) is 33.6 Å². The lowest BCUT2D eigenvalue weighted by molar-refractivity contribution is 0.622. The van der Waals surface area contributed by atoms with Gasteiger partial charge in [0.05, 0.1) is 6.04 Å². The number of imidazole rings is 1. The number of rotatable bonds is 6. The smallest absolute Gasteiger partial charge is 0.208 e. The maximum absolute atomic E-state index is 13.1. The highest BCUT2D eigenvalue weighted by Gasteiger charge is 2.12. The van der Waals surface area contributed by atoms with Crippen molar-refractivity contribution in [2.24, 2.45) is 4.99 Å². The van der Waals surface area contributed by atoms with E-state index >= 15 is 0 Å². The maximum atomic E-state index is 13.1. The van der Waals surface area contributed by atoms with Crippen LogP contribution in [-0.4, -0.2) is 34.6 Å². The predicted molar refractivity (Wildman–Crippen MR) is 93.3 cm³/mol. The Hall–Kier alpha value is -2.47. The molecule has 0 aliphatic carbocycles. The van der Waals surface area contributed by atoms with E-state index in [0.29, 0.717) is 0 Å². The van der Waals surface area contributed by atoms with Gasteiger partial charge in [-0.2, -0.15) is 0 Å². The van der Waals surface area contributed by atoms with Gasteiger partial charge in [0.1, 0.15) is 12.1 Å². The van der Waals surface area contributed by atoms with Gasteiger partial charge in [0.15, 0.2) is 0 Å². The summed E-state index contributed by atoms with van der Waals surface area (Å²) in [4.78, 5) is 8.62. The Morgan fingerprint density at radius 1 is 1.29 bits per heavy atom. The van der Waals surface area contributed by atoms with Crippen molar-refractivity contribution in [3.8, 4) is 0 Å². The summed E-state index contributed by atoms with van der Waals surface area (Å²) in [7, 11) is 0. The molecule has 0 saturated heterocycles. The van der Waals surface area contributed by atoms with Crippen LogP contribution in [0.5, 0.6) is 0 Å². The highest BCUT2D eigenvalue weighted by atomic mass is 19.1. The summed E-state index contributed by atoms with van der Waals surface area (Å²) in [6.45, 7) is 3.75. The molecule has 0 fully saturated rings. The number of halogens is 1. The molecule has 1 aromatic heterocycles. The van der Waals surface area contributed by atoms with Gasteiger partial charge in [-0.05, 0) is 50.1 Å². The molecule has 1 unspecified atom stereocenters. The Kier molecular flexibility index (Phi) is 5.38. The normalized spacial score (nSPS) is 17.2. The van der Waals surface area contributed by atoms with Gasteiger partial charge in [0.25, 0.3) is 0 Å². The van der Waals surface area contributed by atoms with Crippen LogP contribution in [0, 0.1) is 5.82 Å². The Labute approximate surface area is 141 Å². The topological polar surface area (TPSA) is 54.2 Å². The monoisotopic (exact) mass is 327 g/mol. The van der Waals surface area contributed by atoms with E-state index in [9.17, 15) is 4.39 Å². The highest BCUT2D eigenvalue weighted by Crippen LogP contribution is 2.09. The van der Waals surface area contributed by atoms with E-state index in [1.807, 2.05) is 16.8 Å². The number of hydrogen-bond donors (Lipinski definition) is 2. The fourth-order valence-electron chi connectivity index (χ4n) is 2.67. The molecule has 2 heterocycles. The second-order valence-electron chi connectivity index (χ2n) is 5.86. The quantitative estimate of drug-likeness (QED) is 0.801. The van der Waals surface area contributed by atoms with Crippen LogP contribution in [0.2, 0.25) is 0 Å². The molecule has 126 valence electrons. The zero-order valence-electron chi connectivity index (χ0n) is 13.7. The van der Waals surface area contributed by atoms with Gasteiger partial charge < -0.3 is 10.6 Å². The Morgan fingerprint density at radius 3 is 2.96 bits per heavy atom. The third-order valence-corrected chi connectivity index (χ3v) is 3.84. The van der Waals surface area contributed by atoms with Crippen LogP contribution in [-0.2, 0) is 6.42 Å². The molecule has 0 radical (unpaired) electrons. The van der Waals surface area contributed by atoms with Crippen LogP contribution < -0.4 is 10.6 Å². The minimum absolute atomic E-state index is 0.144. The first-order valence-electron chi connectivity index (χ1n) is 8.20. The fourth-order valence-corrected chi connectivity index (χ4v) is 2.67. The molecular weight excluding hydrogens is 305 g/mol. The van der Waals surface area contributed by atoms with E-state index in [4.69, 9.17) is 0 Å². The summed E-state index contributed by atoms with van der Waals surface area (Å²) in [5.74, 6) is 0.627. The van der Waals surface area contributed by atoms with Crippen molar-refractivity contribution in [1.82, 2.24) is 20.2 Å². The zero-order chi connectivity index (χ0) is 16.8. The average molecular weight is 327 g/mol. The lowest BCUT2D eigenvalue weighted by atomic mass is 10.1. The second-order valence-corrected chi connectivity index (χ2v) is 5.86. The standard InChI is InChI=1S/C18H22FN5/c1-14-11-17(23-18(22-14)24-10-9-21-13-24)6-8-20-7-5-15-3-2-4-16(19)12-15/h2-4,9-14,20H,5-8H2,1H3,(H,22,23). The molecule has 0 saturated carbocycles. The van der Waals surface area contributed by atoms with Crippen LogP contribution in [0.15, 0.2) is 59.8 Å². The van der Waals surface area contributed by atoms with Gasteiger partial charge in [0, 0.05) is 24.6 Å². The molecule has 24 heavy (non-hydrogen) atoms. The van der Waals surface area contributed by atoms with E-state index in [1.54, 1.807) is 24.7 Å². The minimum atomic E-state index is -0.177. The molecule has 1 aromatic carbocycles. The number of nitrogens with zero attached hydrogens (tertiary/aromatic N) is 3. The Morgan fingerprint density at radius 2 is 2.17 bits per heavy atom. The van der Waals surface area contributed by atoms with Crippen molar-refractivity contribution in [3.05, 3.63) is 66.1 Å². The summed E-state index contributed by atoms with van der Waals surface area (Å²) >= 11 is 0. The van der Waals surface area contributed by atoms with E-state index in [0.717, 1.165) is 43.2 Å². The minimum Gasteiger partial charge on any atom is -0.329 e. The van der Waals surface area contributed by atoms with Gasteiger partial charge in [-0.1, -0.05) is 12.1 Å². The molecule has 3 rings (SSSR count). The molecule has 1 aliphatic rings. The molecule has 1 aliphatic heterocycles. The third kappa shape index (κ3) is 4.52. The summed E-state index contributed by atoms with van der Waals surface area (Å²) in [5, 5.41) is 6.75. The molecule has 0 amide bonds. The molecule has 2 N–H and O–H groups in total. The predicted octanol–water partition coefficient (Wildman–Crippen LogP) is 2.32. The number of benzene rings is 1. The van der Waals surface area contributed by atoms with Gasteiger partial charge >= 0.3 is 0 Å². The van der Waals surface area contributed by atoms with Crippen molar-refractivity contribution < 1.29 is 4.39 Å². The molecule has 0 bridgehead atoms. The second kappa shape index (κ2) is 7.88. The van der Waals surface area contributed by atoms with Crippen molar-refractivity contribution in [2.75, 3.05) is 13.1 Å². The molecule has 0 spiro atoms.